The molecule has 1 rings (SSSR count). The van der Waals surface area contributed by atoms with E-state index in [2.05, 4.69) is 6.92 Å². The average molecular weight is 342 g/mol. The van der Waals surface area contributed by atoms with Crippen molar-refractivity contribution in [1.82, 2.24) is 0 Å². The predicted octanol–water partition coefficient (Wildman–Crippen LogP) is 2.33. The highest BCUT2D eigenvalue weighted by Crippen LogP contribution is 2.24. The molecule has 138 valence electrons. The van der Waals surface area contributed by atoms with Crippen molar-refractivity contribution in [3.8, 4) is 11.5 Å². The first kappa shape index (κ1) is 20.7. The lowest BCUT2D eigenvalue weighted by atomic mass is 10.1. The van der Waals surface area contributed by atoms with Crippen molar-refractivity contribution in [3.63, 3.8) is 0 Å². The molecule has 24 heavy (non-hydrogen) atoms. The van der Waals surface area contributed by atoms with Crippen LogP contribution in [0.1, 0.15) is 12.5 Å². The molecule has 0 spiro atoms. The van der Waals surface area contributed by atoms with Crippen molar-refractivity contribution in [3.05, 3.63) is 23.8 Å². The molecule has 6 nitrogen and oxygen atoms in total. The third-order valence-corrected chi connectivity index (χ3v) is 3.26. The zero-order valence-corrected chi connectivity index (χ0v) is 15.0. The molecule has 0 heterocycles. The van der Waals surface area contributed by atoms with E-state index in [0.717, 1.165) is 23.5 Å². The lowest BCUT2D eigenvalue weighted by Gasteiger charge is -2.13. The Morgan fingerprint density at radius 1 is 0.708 bits per heavy atom. The van der Waals surface area contributed by atoms with Gasteiger partial charge in [-0.1, -0.05) is 6.92 Å². The summed E-state index contributed by atoms with van der Waals surface area (Å²) in [7, 11) is 3.31. The van der Waals surface area contributed by atoms with Gasteiger partial charge in [0.15, 0.2) is 0 Å². The van der Waals surface area contributed by atoms with E-state index in [9.17, 15) is 0 Å². The molecule has 1 aromatic carbocycles. The second kappa shape index (κ2) is 14.0. The van der Waals surface area contributed by atoms with Crippen LogP contribution in [0, 0.1) is 0 Å². The van der Waals surface area contributed by atoms with Crippen molar-refractivity contribution in [2.24, 2.45) is 0 Å². The quantitative estimate of drug-likeness (QED) is 0.456. The molecular weight excluding hydrogens is 312 g/mol. The number of hydrogen-bond acceptors (Lipinski definition) is 6. The summed E-state index contributed by atoms with van der Waals surface area (Å²) in [6, 6.07) is 5.86. The number of aryl methyl sites for hydroxylation is 1. The van der Waals surface area contributed by atoms with Gasteiger partial charge in [-0.15, -0.1) is 0 Å². The van der Waals surface area contributed by atoms with Crippen LogP contribution in [0.3, 0.4) is 0 Å². The number of methoxy groups -OCH3 is 2. The first-order chi connectivity index (χ1) is 11.8. The molecule has 0 unspecified atom stereocenters. The third-order valence-electron chi connectivity index (χ3n) is 3.26. The predicted molar refractivity (Wildman–Crippen MR) is 92.2 cm³/mol. The van der Waals surface area contributed by atoms with Gasteiger partial charge >= 0.3 is 0 Å². The van der Waals surface area contributed by atoms with E-state index in [1.165, 1.54) is 0 Å². The fourth-order valence-electron chi connectivity index (χ4n) is 1.98. The minimum atomic E-state index is 0.514. The molecule has 0 aliphatic carbocycles. The highest BCUT2D eigenvalue weighted by Gasteiger charge is 2.05. The highest BCUT2D eigenvalue weighted by atomic mass is 16.5. The largest absolute Gasteiger partial charge is 0.491 e. The molecule has 0 amide bonds. The third kappa shape index (κ3) is 9.08. The van der Waals surface area contributed by atoms with Crippen molar-refractivity contribution >= 4 is 0 Å². The summed E-state index contributed by atoms with van der Waals surface area (Å²) in [6.45, 7) is 6.58. The molecule has 0 aliphatic heterocycles. The zero-order valence-electron chi connectivity index (χ0n) is 15.0. The van der Waals surface area contributed by atoms with Gasteiger partial charge in [0.25, 0.3) is 0 Å². The molecule has 0 bridgehead atoms. The van der Waals surface area contributed by atoms with Gasteiger partial charge in [0.1, 0.15) is 24.7 Å². The maximum Gasteiger partial charge on any atom is 0.122 e. The monoisotopic (exact) mass is 342 g/mol. The SMILES string of the molecule is CCc1cc(OCCOCCOC)ccc1OCCOCCOC. The molecule has 0 N–H and O–H groups in total. The normalized spacial score (nSPS) is 10.8. The van der Waals surface area contributed by atoms with E-state index >= 15 is 0 Å². The highest BCUT2D eigenvalue weighted by molar-refractivity contribution is 5.40. The summed E-state index contributed by atoms with van der Waals surface area (Å²) < 4.78 is 32.1. The Balaban J connectivity index is 2.30. The summed E-state index contributed by atoms with van der Waals surface area (Å²) in [4.78, 5) is 0. The lowest BCUT2D eigenvalue weighted by Crippen LogP contribution is -2.11. The second-order valence-corrected chi connectivity index (χ2v) is 5.03. The zero-order chi connectivity index (χ0) is 17.5. The topological polar surface area (TPSA) is 55.4 Å². The minimum Gasteiger partial charge on any atom is -0.491 e. The van der Waals surface area contributed by atoms with Crippen LogP contribution in [0.5, 0.6) is 11.5 Å². The van der Waals surface area contributed by atoms with Gasteiger partial charge in [0, 0.05) is 14.2 Å². The first-order valence-electron chi connectivity index (χ1n) is 8.33. The summed E-state index contributed by atoms with van der Waals surface area (Å²) in [5, 5.41) is 0. The van der Waals surface area contributed by atoms with Gasteiger partial charge in [-0.3, -0.25) is 0 Å². The van der Waals surface area contributed by atoms with Crippen molar-refractivity contribution in [1.29, 1.82) is 0 Å². The fourth-order valence-corrected chi connectivity index (χ4v) is 1.98. The molecular formula is C18H30O6. The molecule has 0 saturated heterocycles. The molecule has 0 saturated carbocycles. The van der Waals surface area contributed by atoms with E-state index in [1.807, 2.05) is 18.2 Å². The fraction of sp³-hybridized carbons (Fsp3) is 0.667. The van der Waals surface area contributed by atoms with Crippen LogP contribution in [-0.4, -0.2) is 67.1 Å². The maximum absolute atomic E-state index is 5.77. The van der Waals surface area contributed by atoms with Crippen molar-refractivity contribution in [2.45, 2.75) is 13.3 Å². The number of rotatable bonds is 15. The minimum absolute atomic E-state index is 0.514. The summed E-state index contributed by atoms with van der Waals surface area (Å²) in [6.07, 6.45) is 0.876. The summed E-state index contributed by atoms with van der Waals surface area (Å²) in [5.41, 5.74) is 1.12. The maximum atomic E-state index is 5.77. The van der Waals surface area contributed by atoms with Crippen LogP contribution in [0.4, 0.5) is 0 Å². The van der Waals surface area contributed by atoms with E-state index in [0.29, 0.717) is 52.9 Å². The van der Waals surface area contributed by atoms with Crippen LogP contribution < -0.4 is 9.47 Å². The molecule has 0 atom stereocenters. The van der Waals surface area contributed by atoms with E-state index in [-0.39, 0.29) is 0 Å². The van der Waals surface area contributed by atoms with E-state index in [4.69, 9.17) is 28.4 Å². The summed E-state index contributed by atoms with van der Waals surface area (Å²) in [5.74, 6) is 1.70. The first-order valence-corrected chi connectivity index (χ1v) is 8.33. The van der Waals surface area contributed by atoms with Crippen LogP contribution in [0.2, 0.25) is 0 Å². The molecule has 0 radical (unpaired) electrons. The molecule has 0 aliphatic rings. The van der Waals surface area contributed by atoms with Gasteiger partial charge in [0.05, 0.1) is 39.6 Å². The Kier molecular flexibility index (Phi) is 12.1. The van der Waals surface area contributed by atoms with Crippen LogP contribution in [0.25, 0.3) is 0 Å². The van der Waals surface area contributed by atoms with Gasteiger partial charge < -0.3 is 28.4 Å². The van der Waals surface area contributed by atoms with Crippen LogP contribution in [0.15, 0.2) is 18.2 Å². The molecule has 1 aromatic rings. The lowest BCUT2D eigenvalue weighted by molar-refractivity contribution is 0.0537. The van der Waals surface area contributed by atoms with Gasteiger partial charge in [-0.25, -0.2) is 0 Å². The Morgan fingerprint density at radius 2 is 1.29 bits per heavy atom. The number of hydrogen-bond donors (Lipinski definition) is 0. The summed E-state index contributed by atoms with van der Waals surface area (Å²) >= 11 is 0. The van der Waals surface area contributed by atoms with E-state index in [1.54, 1.807) is 14.2 Å². The Labute approximate surface area is 144 Å². The van der Waals surface area contributed by atoms with Crippen LogP contribution >= 0.6 is 0 Å². The van der Waals surface area contributed by atoms with E-state index < -0.39 is 0 Å². The van der Waals surface area contributed by atoms with Crippen molar-refractivity contribution < 1.29 is 28.4 Å². The van der Waals surface area contributed by atoms with Crippen LogP contribution in [-0.2, 0) is 25.4 Å². The second-order valence-electron chi connectivity index (χ2n) is 5.03. The molecule has 0 fully saturated rings. The number of benzene rings is 1. The molecule has 6 heteroatoms. The smallest absolute Gasteiger partial charge is 0.122 e. The van der Waals surface area contributed by atoms with Gasteiger partial charge in [-0.05, 0) is 30.2 Å². The van der Waals surface area contributed by atoms with Crippen molar-refractivity contribution in [2.75, 3.05) is 67.1 Å². The average Bonchev–Trinajstić information content (AvgIpc) is 2.61. The van der Waals surface area contributed by atoms with Gasteiger partial charge in [-0.2, -0.15) is 0 Å². The Hall–Kier alpha value is -1.34. The Morgan fingerprint density at radius 3 is 1.88 bits per heavy atom. The molecule has 0 aromatic heterocycles. The Bertz CT molecular complexity index is 424. The van der Waals surface area contributed by atoms with Gasteiger partial charge in [0.2, 0.25) is 0 Å². The number of ether oxygens (including phenoxy) is 6. The standard InChI is InChI=1S/C18H30O6/c1-4-16-15-17(23-13-11-21-9-7-19-2)5-6-18(16)24-14-12-22-10-8-20-3/h5-6,15H,4,7-14H2,1-3H3.